The molecule has 0 spiro atoms. The van der Waals surface area contributed by atoms with Crippen LogP contribution in [0.1, 0.15) is 16.1 Å². The molecule has 0 unspecified atom stereocenters. The van der Waals surface area contributed by atoms with Crippen molar-refractivity contribution in [3.8, 4) is 0 Å². The Kier molecular flexibility index (Phi) is 3.57. The Labute approximate surface area is 115 Å². The Hall–Kier alpha value is -2.27. The van der Waals surface area contributed by atoms with E-state index in [1.54, 1.807) is 18.2 Å². The first-order valence-corrected chi connectivity index (χ1v) is 5.94. The minimum atomic E-state index is -0.606. The van der Waals surface area contributed by atoms with E-state index < -0.39 is 5.91 Å². The molecule has 19 heavy (non-hydrogen) atoms. The van der Waals surface area contributed by atoms with Crippen LogP contribution in [-0.4, -0.2) is 10.9 Å². The number of carbonyl (C=O) groups is 1. The van der Waals surface area contributed by atoms with Gasteiger partial charge in [-0.15, -0.1) is 0 Å². The molecule has 5 N–H and O–H groups in total. The van der Waals surface area contributed by atoms with E-state index in [4.69, 9.17) is 23.1 Å². The minimum absolute atomic E-state index is 0.149. The van der Waals surface area contributed by atoms with E-state index in [0.717, 1.165) is 11.3 Å². The Morgan fingerprint density at radius 3 is 2.74 bits per heavy atom. The van der Waals surface area contributed by atoms with E-state index in [1.807, 2.05) is 13.0 Å². The number of aromatic nitrogens is 1. The van der Waals surface area contributed by atoms with Gasteiger partial charge in [-0.25, -0.2) is 4.98 Å². The van der Waals surface area contributed by atoms with Gasteiger partial charge < -0.3 is 16.8 Å². The summed E-state index contributed by atoms with van der Waals surface area (Å²) in [5.41, 5.74) is 13.3. The van der Waals surface area contributed by atoms with Crippen molar-refractivity contribution in [1.82, 2.24) is 4.98 Å². The summed E-state index contributed by atoms with van der Waals surface area (Å²) in [6.45, 7) is 1.92. The molecule has 98 valence electrons. The summed E-state index contributed by atoms with van der Waals surface area (Å²) in [6.07, 6.45) is 0. The van der Waals surface area contributed by atoms with E-state index in [-0.39, 0.29) is 5.69 Å². The molecule has 1 heterocycles. The first-order chi connectivity index (χ1) is 8.97. The van der Waals surface area contributed by atoms with Gasteiger partial charge in [0.2, 0.25) is 0 Å². The molecular weight excluding hydrogens is 264 g/mol. The Bertz CT molecular complexity index is 643. The molecule has 0 atom stereocenters. The molecule has 0 bridgehead atoms. The second-order valence-electron chi connectivity index (χ2n) is 4.08. The number of pyridine rings is 1. The standard InChI is InChI=1S/C13H13ClN4O/c1-7-2-3-8(14)6-11(7)18-13-9(15)4-5-10(17-13)12(16)19/h2-6H,15H2,1H3,(H2,16,19)(H,17,18). The number of aryl methyl sites for hydroxylation is 1. The molecule has 2 aromatic rings. The zero-order valence-corrected chi connectivity index (χ0v) is 11.0. The van der Waals surface area contributed by atoms with Crippen molar-refractivity contribution < 1.29 is 4.79 Å². The molecule has 1 aromatic carbocycles. The lowest BCUT2D eigenvalue weighted by Crippen LogP contribution is -2.14. The average Bonchev–Trinajstić information content (AvgIpc) is 2.36. The summed E-state index contributed by atoms with van der Waals surface area (Å²) >= 11 is 5.94. The fourth-order valence-corrected chi connectivity index (χ4v) is 1.74. The molecule has 0 saturated heterocycles. The van der Waals surface area contributed by atoms with Gasteiger partial charge in [0, 0.05) is 10.7 Å². The lowest BCUT2D eigenvalue weighted by Gasteiger charge is -2.11. The van der Waals surface area contributed by atoms with Gasteiger partial charge >= 0.3 is 0 Å². The third-order valence-corrected chi connectivity index (χ3v) is 2.87. The number of carbonyl (C=O) groups excluding carboxylic acids is 1. The average molecular weight is 277 g/mol. The second kappa shape index (κ2) is 5.16. The number of hydrogen-bond donors (Lipinski definition) is 3. The van der Waals surface area contributed by atoms with Crippen LogP contribution < -0.4 is 16.8 Å². The zero-order chi connectivity index (χ0) is 14.0. The SMILES string of the molecule is Cc1ccc(Cl)cc1Nc1nc(C(N)=O)ccc1N. The molecule has 0 aliphatic carbocycles. The van der Waals surface area contributed by atoms with Crippen LogP contribution in [0, 0.1) is 6.92 Å². The van der Waals surface area contributed by atoms with Crippen LogP contribution in [0.15, 0.2) is 30.3 Å². The van der Waals surface area contributed by atoms with Crippen LogP contribution in [-0.2, 0) is 0 Å². The lowest BCUT2D eigenvalue weighted by molar-refractivity contribution is 0.0996. The van der Waals surface area contributed by atoms with Crippen molar-refractivity contribution in [3.05, 3.63) is 46.6 Å². The Morgan fingerprint density at radius 1 is 1.32 bits per heavy atom. The fraction of sp³-hybridized carbons (Fsp3) is 0.0769. The largest absolute Gasteiger partial charge is 0.396 e. The molecule has 0 fully saturated rings. The number of hydrogen-bond acceptors (Lipinski definition) is 4. The van der Waals surface area contributed by atoms with Crippen molar-refractivity contribution in [2.75, 3.05) is 11.1 Å². The van der Waals surface area contributed by atoms with Crippen LogP contribution in [0.2, 0.25) is 5.02 Å². The molecule has 5 nitrogen and oxygen atoms in total. The van der Waals surface area contributed by atoms with Gasteiger partial charge in [-0.3, -0.25) is 4.79 Å². The quantitative estimate of drug-likeness (QED) is 0.803. The third kappa shape index (κ3) is 2.95. The molecule has 0 aliphatic heterocycles. The minimum Gasteiger partial charge on any atom is -0.396 e. The number of anilines is 3. The summed E-state index contributed by atoms with van der Waals surface area (Å²) in [6, 6.07) is 8.48. The number of nitrogens with one attached hydrogen (secondary N) is 1. The summed E-state index contributed by atoms with van der Waals surface area (Å²) in [4.78, 5) is 15.2. The van der Waals surface area contributed by atoms with Crippen LogP contribution in [0.3, 0.4) is 0 Å². The monoisotopic (exact) mass is 276 g/mol. The number of nitrogen functional groups attached to an aromatic ring is 1. The fourth-order valence-electron chi connectivity index (χ4n) is 1.56. The summed E-state index contributed by atoms with van der Waals surface area (Å²) < 4.78 is 0. The first-order valence-electron chi connectivity index (χ1n) is 5.57. The van der Waals surface area contributed by atoms with Crippen LogP contribution >= 0.6 is 11.6 Å². The number of primary amides is 1. The molecule has 6 heteroatoms. The van der Waals surface area contributed by atoms with Gasteiger partial charge in [0.15, 0.2) is 5.82 Å². The van der Waals surface area contributed by atoms with E-state index in [9.17, 15) is 4.79 Å². The van der Waals surface area contributed by atoms with Gasteiger partial charge in [0.25, 0.3) is 5.91 Å². The number of rotatable bonds is 3. The predicted octanol–water partition coefficient (Wildman–Crippen LogP) is 2.47. The number of nitrogens with two attached hydrogens (primary N) is 2. The van der Waals surface area contributed by atoms with Crippen molar-refractivity contribution in [2.45, 2.75) is 6.92 Å². The number of amides is 1. The maximum atomic E-state index is 11.1. The Morgan fingerprint density at radius 2 is 2.05 bits per heavy atom. The van der Waals surface area contributed by atoms with Gasteiger partial charge in [-0.05, 0) is 36.8 Å². The maximum absolute atomic E-state index is 11.1. The third-order valence-electron chi connectivity index (χ3n) is 2.63. The van der Waals surface area contributed by atoms with Gasteiger partial charge in [-0.1, -0.05) is 17.7 Å². The highest BCUT2D eigenvalue weighted by atomic mass is 35.5. The van der Waals surface area contributed by atoms with Gasteiger partial charge in [0.1, 0.15) is 5.69 Å². The molecule has 1 amide bonds. The molecule has 0 radical (unpaired) electrons. The van der Waals surface area contributed by atoms with E-state index in [1.165, 1.54) is 6.07 Å². The number of nitrogens with zero attached hydrogens (tertiary/aromatic N) is 1. The van der Waals surface area contributed by atoms with Crippen molar-refractivity contribution in [2.24, 2.45) is 5.73 Å². The molecule has 0 aliphatic rings. The Balaban J connectivity index is 2.40. The lowest BCUT2D eigenvalue weighted by atomic mass is 10.2. The summed E-state index contributed by atoms with van der Waals surface area (Å²) in [5.74, 6) is -0.229. The molecule has 0 saturated carbocycles. The zero-order valence-electron chi connectivity index (χ0n) is 10.3. The van der Waals surface area contributed by atoms with Crippen molar-refractivity contribution >= 4 is 34.7 Å². The van der Waals surface area contributed by atoms with Gasteiger partial charge in [-0.2, -0.15) is 0 Å². The van der Waals surface area contributed by atoms with Crippen LogP contribution in [0.4, 0.5) is 17.2 Å². The maximum Gasteiger partial charge on any atom is 0.267 e. The van der Waals surface area contributed by atoms with E-state index in [0.29, 0.717) is 16.5 Å². The number of benzene rings is 1. The van der Waals surface area contributed by atoms with E-state index in [2.05, 4.69) is 10.3 Å². The van der Waals surface area contributed by atoms with Gasteiger partial charge in [0.05, 0.1) is 5.69 Å². The van der Waals surface area contributed by atoms with Crippen LogP contribution in [0.5, 0.6) is 0 Å². The predicted molar refractivity (Wildman–Crippen MR) is 76.6 cm³/mol. The first kappa shape index (κ1) is 13.2. The van der Waals surface area contributed by atoms with Crippen molar-refractivity contribution in [1.29, 1.82) is 0 Å². The van der Waals surface area contributed by atoms with E-state index >= 15 is 0 Å². The van der Waals surface area contributed by atoms with Crippen molar-refractivity contribution in [3.63, 3.8) is 0 Å². The molecule has 1 aromatic heterocycles. The smallest absolute Gasteiger partial charge is 0.267 e. The highest BCUT2D eigenvalue weighted by molar-refractivity contribution is 6.30. The highest BCUT2D eigenvalue weighted by Crippen LogP contribution is 2.26. The van der Waals surface area contributed by atoms with Crippen LogP contribution in [0.25, 0.3) is 0 Å². The normalized spacial score (nSPS) is 10.2. The second-order valence-corrected chi connectivity index (χ2v) is 4.52. The molecular formula is C13H13ClN4O. The highest BCUT2D eigenvalue weighted by Gasteiger charge is 2.08. The number of halogens is 1. The summed E-state index contributed by atoms with van der Waals surface area (Å²) in [5, 5.41) is 3.64. The summed E-state index contributed by atoms with van der Waals surface area (Å²) in [7, 11) is 0. The molecule has 2 rings (SSSR count). The topological polar surface area (TPSA) is 94.0 Å².